The fourth-order valence-corrected chi connectivity index (χ4v) is 2.19. The van der Waals surface area contributed by atoms with Gasteiger partial charge in [-0.1, -0.05) is 6.07 Å². The maximum atomic E-state index is 11.8. The van der Waals surface area contributed by atoms with Crippen molar-refractivity contribution in [2.45, 2.75) is 25.3 Å². The molecule has 0 saturated carbocycles. The molecule has 0 aliphatic carbocycles. The van der Waals surface area contributed by atoms with E-state index in [1.807, 2.05) is 24.5 Å². The lowest BCUT2D eigenvalue weighted by Gasteiger charge is -2.14. The molecule has 1 heterocycles. The predicted octanol–water partition coefficient (Wildman–Crippen LogP) is 0.997. The van der Waals surface area contributed by atoms with E-state index in [9.17, 15) is 9.59 Å². The zero-order chi connectivity index (χ0) is 15.5. The summed E-state index contributed by atoms with van der Waals surface area (Å²) in [7, 11) is 0. The van der Waals surface area contributed by atoms with Gasteiger partial charge in [-0.05, 0) is 37.0 Å². The van der Waals surface area contributed by atoms with Crippen molar-refractivity contribution in [3.05, 3.63) is 24.4 Å². The smallest absolute Gasteiger partial charge is 0.240 e. The van der Waals surface area contributed by atoms with Crippen molar-refractivity contribution in [2.75, 3.05) is 23.9 Å². The van der Waals surface area contributed by atoms with E-state index in [1.54, 1.807) is 18.0 Å². The van der Waals surface area contributed by atoms with Gasteiger partial charge < -0.3 is 16.4 Å². The minimum absolute atomic E-state index is 0.150. The Hall–Kier alpha value is -1.76. The first-order chi connectivity index (χ1) is 10.1. The van der Waals surface area contributed by atoms with Gasteiger partial charge in [0.25, 0.3) is 0 Å². The predicted molar refractivity (Wildman–Crippen MR) is 86.1 cm³/mol. The van der Waals surface area contributed by atoms with Crippen molar-refractivity contribution in [3.8, 4) is 0 Å². The number of amides is 2. The number of carbonyl (C=O) groups is 2. The molecule has 7 heteroatoms. The molecule has 0 unspecified atom stereocenters. The summed E-state index contributed by atoms with van der Waals surface area (Å²) in [5.41, 5.74) is 5.27. The van der Waals surface area contributed by atoms with E-state index in [1.165, 1.54) is 0 Å². The molecular formula is C14H22N4O2S. The average Bonchev–Trinajstić information content (AvgIpc) is 2.48. The van der Waals surface area contributed by atoms with Crippen molar-refractivity contribution in [1.29, 1.82) is 0 Å². The summed E-state index contributed by atoms with van der Waals surface area (Å²) in [5.74, 6) is 0.939. The highest BCUT2D eigenvalue weighted by atomic mass is 32.2. The van der Waals surface area contributed by atoms with Crippen molar-refractivity contribution < 1.29 is 9.59 Å². The number of nitrogens with zero attached hydrogens (tertiary/aromatic N) is 1. The van der Waals surface area contributed by atoms with E-state index in [2.05, 4.69) is 15.6 Å². The number of thioether (sulfide) groups is 1. The van der Waals surface area contributed by atoms with Crippen LogP contribution in [0.1, 0.15) is 19.3 Å². The number of nitrogens with two attached hydrogens (primary N) is 1. The van der Waals surface area contributed by atoms with Crippen LogP contribution in [0.15, 0.2) is 24.4 Å². The maximum absolute atomic E-state index is 11.8. The quantitative estimate of drug-likeness (QED) is 0.560. The van der Waals surface area contributed by atoms with E-state index in [0.29, 0.717) is 25.8 Å². The van der Waals surface area contributed by atoms with Gasteiger partial charge in [0.1, 0.15) is 11.9 Å². The van der Waals surface area contributed by atoms with Gasteiger partial charge >= 0.3 is 0 Å². The topological polar surface area (TPSA) is 97.1 Å². The normalized spacial score (nSPS) is 11.7. The average molecular weight is 310 g/mol. The molecule has 1 aromatic heterocycles. The molecular weight excluding hydrogens is 288 g/mol. The number of carbonyl (C=O) groups excluding carboxylic acids is 2. The molecule has 0 aliphatic heterocycles. The third kappa shape index (κ3) is 7.55. The molecule has 0 saturated heterocycles. The molecule has 0 aromatic carbocycles. The zero-order valence-corrected chi connectivity index (χ0v) is 13.0. The first-order valence-electron chi connectivity index (χ1n) is 6.86. The Labute approximate surface area is 129 Å². The Balaban J connectivity index is 2.21. The van der Waals surface area contributed by atoms with Crippen LogP contribution in [0, 0.1) is 0 Å². The summed E-state index contributed by atoms with van der Waals surface area (Å²) in [6, 6.07) is 5.03. The largest absolute Gasteiger partial charge is 0.370 e. The number of primary amides is 1. The Morgan fingerprint density at radius 2 is 2.24 bits per heavy atom. The van der Waals surface area contributed by atoms with Gasteiger partial charge in [-0.3, -0.25) is 9.59 Å². The Kier molecular flexibility index (Phi) is 8.27. The van der Waals surface area contributed by atoms with E-state index in [4.69, 9.17) is 5.73 Å². The van der Waals surface area contributed by atoms with E-state index in [-0.39, 0.29) is 5.91 Å². The summed E-state index contributed by atoms with van der Waals surface area (Å²) in [6.07, 6.45) is 5.23. The van der Waals surface area contributed by atoms with Crippen molar-refractivity contribution >= 4 is 29.4 Å². The summed E-state index contributed by atoms with van der Waals surface area (Å²) >= 11 is 1.62. The number of aromatic nitrogens is 1. The zero-order valence-electron chi connectivity index (χ0n) is 12.2. The van der Waals surface area contributed by atoms with Crippen LogP contribution in [0.2, 0.25) is 0 Å². The fraction of sp³-hybridized carbons (Fsp3) is 0.500. The lowest BCUT2D eigenvalue weighted by atomic mass is 10.2. The molecule has 21 heavy (non-hydrogen) atoms. The Bertz CT molecular complexity index is 442. The van der Waals surface area contributed by atoms with Crippen LogP contribution in [-0.2, 0) is 9.59 Å². The number of pyridine rings is 1. The van der Waals surface area contributed by atoms with Crippen molar-refractivity contribution in [2.24, 2.45) is 5.73 Å². The fourth-order valence-electron chi connectivity index (χ4n) is 1.72. The van der Waals surface area contributed by atoms with E-state index < -0.39 is 11.9 Å². The lowest BCUT2D eigenvalue weighted by molar-refractivity contribution is -0.127. The molecule has 0 bridgehead atoms. The molecule has 1 rings (SSSR count). The number of hydrogen-bond acceptors (Lipinski definition) is 5. The SMILES string of the molecule is CSCC[C@H](NC(=O)CCCNc1ccccn1)C(N)=O. The van der Waals surface area contributed by atoms with Gasteiger partial charge in [0.15, 0.2) is 0 Å². The second kappa shape index (κ2) is 10.0. The standard InChI is InChI=1S/C14H22N4O2S/c1-21-10-7-11(14(15)20)18-13(19)6-4-9-17-12-5-2-3-8-16-12/h2-3,5,8,11H,4,6-7,9-10H2,1H3,(H2,15,20)(H,16,17)(H,18,19)/t11-/m0/s1. The highest BCUT2D eigenvalue weighted by molar-refractivity contribution is 7.98. The second-order valence-corrected chi connectivity index (χ2v) is 5.53. The molecule has 2 amide bonds. The molecule has 0 fully saturated rings. The van der Waals surface area contributed by atoms with Gasteiger partial charge in [-0.15, -0.1) is 0 Å². The maximum Gasteiger partial charge on any atom is 0.240 e. The monoisotopic (exact) mass is 310 g/mol. The number of anilines is 1. The van der Waals surface area contributed by atoms with Crippen molar-refractivity contribution in [1.82, 2.24) is 10.3 Å². The molecule has 0 radical (unpaired) electrons. The minimum Gasteiger partial charge on any atom is -0.370 e. The molecule has 1 atom stereocenters. The molecule has 4 N–H and O–H groups in total. The number of hydrogen-bond donors (Lipinski definition) is 3. The second-order valence-electron chi connectivity index (χ2n) is 4.55. The van der Waals surface area contributed by atoms with Crippen LogP contribution in [0.25, 0.3) is 0 Å². The molecule has 0 spiro atoms. The van der Waals surface area contributed by atoms with Crippen LogP contribution < -0.4 is 16.4 Å². The van der Waals surface area contributed by atoms with Gasteiger partial charge in [-0.25, -0.2) is 4.98 Å². The lowest BCUT2D eigenvalue weighted by Crippen LogP contribution is -2.44. The van der Waals surface area contributed by atoms with Gasteiger partial charge in [0.2, 0.25) is 11.8 Å². The van der Waals surface area contributed by atoms with E-state index in [0.717, 1.165) is 11.6 Å². The van der Waals surface area contributed by atoms with Crippen LogP contribution in [0.5, 0.6) is 0 Å². The van der Waals surface area contributed by atoms with Crippen LogP contribution in [-0.4, -0.2) is 41.4 Å². The van der Waals surface area contributed by atoms with Crippen LogP contribution in [0.4, 0.5) is 5.82 Å². The summed E-state index contributed by atoms with van der Waals surface area (Å²) in [4.78, 5) is 27.1. The molecule has 116 valence electrons. The Morgan fingerprint density at radius 1 is 1.43 bits per heavy atom. The first kappa shape index (κ1) is 17.3. The molecule has 1 aromatic rings. The van der Waals surface area contributed by atoms with E-state index >= 15 is 0 Å². The summed E-state index contributed by atoms with van der Waals surface area (Å²) < 4.78 is 0. The van der Waals surface area contributed by atoms with Crippen molar-refractivity contribution in [3.63, 3.8) is 0 Å². The summed E-state index contributed by atoms with van der Waals surface area (Å²) in [5, 5.41) is 5.80. The third-order valence-electron chi connectivity index (χ3n) is 2.84. The third-order valence-corrected chi connectivity index (χ3v) is 3.48. The summed E-state index contributed by atoms with van der Waals surface area (Å²) in [6.45, 7) is 0.649. The number of nitrogens with one attached hydrogen (secondary N) is 2. The Morgan fingerprint density at radius 3 is 2.86 bits per heavy atom. The van der Waals surface area contributed by atoms with Gasteiger partial charge in [-0.2, -0.15) is 11.8 Å². The molecule has 6 nitrogen and oxygen atoms in total. The highest BCUT2D eigenvalue weighted by Crippen LogP contribution is 2.03. The van der Waals surface area contributed by atoms with Gasteiger partial charge in [0.05, 0.1) is 0 Å². The first-order valence-corrected chi connectivity index (χ1v) is 8.25. The van der Waals surface area contributed by atoms with Gasteiger partial charge in [0, 0.05) is 19.2 Å². The number of rotatable bonds is 10. The van der Waals surface area contributed by atoms with Crippen LogP contribution in [0.3, 0.4) is 0 Å². The minimum atomic E-state index is -0.575. The highest BCUT2D eigenvalue weighted by Gasteiger charge is 2.16. The van der Waals surface area contributed by atoms with Crippen LogP contribution >= 0.6 is 11.8 Å². The molecule has 0 aliphatic rings.